The van der Waals surface area contributed by atoms with Crippen molar-refractivity contribution in [3.63, 3.8) is 0 Å². The number of allylic oxidation sites excluding steroid dienone is 4. The summed E-state index contributed by atoms with van der Waals surface area (Å²) in [7, 11) is -6.57. The van der Waals surface area contributed by atoms with Gasteiger partial charge in [0, 0.05) is 19.5 Å². The van der Waals surface area contributed by atoms with Crippen molar-refractivity contribution in [1.82, 2.24) is 0 Å². The fraction of sp³-hybridized carbons (Fsp3) is 0.222. The van der Waals surface area contributed by atoms with Crippen molar-refractivity contribution in [2.45, 2.75) is 38.5 Å². The van der Waals surface area contributed by atoms with Crippen molar-refractivity contribution in [3.05, 3.63) is 146 Å². The first-order chi connectivity index (χ1) is 20.9. The van der Waals surface area contributed by atoms with Crippen molar-refractivity contribution >= 4 is 44.3 Å². The van der Waals surface area contributed by atoms with E-state index in [2.05, 4.69) is 146 Å². The molecule has 4 aromatic carbocycles. The molecule has 0 unspecified atom stereocenters. The molecule has 0 N–H and O–H groups in total. The Morgan fingerprint density at radius 3 is 0.818 bits per heavy atom. The van der Waals surface area contributed by atoms with Gasteiger partial charge in [0.2, 0.25) is 0 Å². The van der Waals surface area contributed by atoms with Gasteiger partial charge in [-0.1, -0.05) is 146 Å². The van der Waals surface area contributed by atoms with Crippen LogP contribution in [-0.4, -0.2) is 19.6 Å². The molecule has 8 heteroatoms. The normalized spacial score (nSPS) is 12.6. The molecule has 0 heterocycles. The molecule has 0 aliphatic heterocycles. The van der Waals surface area contributed by atoms with Crippen molar-refractivity contribution < 1.29 is 36.7 Å². The zero-order chi connectivity index (χ0) is 30.6. The van der Waals surface area contributed by atoms with Gasteiger partial charge in [-0.2, -0.15) is 0 Å². The van der Waals surface area contributed by atoms with Gasteiger partial charge in [-0.25, -0.2) is 0 Å². The zero-order valence-electron chi connectivity index (χ0n) is 24.8. The minimum absolute atomic E-state index is 0. The molecule has 5 rings (SSSR count). The predicted octanol–water partition coefficient (Wildman–Crippen LogP) is 10.0. The van der Waals surface area contributed by atoms with Crippen LogP contribution >= 0.6 is 15.8 Å². The summed E-state index contributed by atoms with van der Waals surface area (Å²) >= 11 is 0. The average Bonchev–Trinajstić information content (AvgIpc) is 3.00. The molecule has 4 aromatic rings. The van der Waals surface area contributed by atoms with E-state index >= 15 is 0 Å². The topological polar surface area (TPSA) is 0 Å². The Morgan fingerprint density at radius 1 is 0.409 bits per heavy atom. The molecule has 0 fully saturated rings. The quantitative estimate of drug-likeness (QED) is 0.0531. The number of hydrogen-bond acceptors (Lipinski definition) is 0. The molecule has 0 bridgehead atoms. The number of benzene rings is 4. The molecule has 0 spiro atoms. The monoisotopic (exact) mass is 724 g/mol. The third kappa shape index (κ3) is 16.1. The Balaban J connectivity index is 0.000000402. The van der Waals surface area contributed by atoms with Gasteiger partial charge in [0.05, 0.1) is 0 Å². The molecule has 1 aliphatic rings. The van der Waals surface area contributed by atoms with Gasteiger partial charge < -0.3 is 17.3 Å². The largest absolute Gasteiger partial charge is 0.673 e. The van der Waals surface area contributed by atoms with Gasteiger partial charge in [0.1, 0.15) is 0 Å². The van der Waals surface area contributed by atoms with E-state index in [-0.39, 0.29) is 35.3 Å². The Bertz CT molecular complexity index is 1130. The Labute approximate surface area is 276 Å². The van der Waals surface area contributed by atoms with Crippen LogP contribution in [0.25, 0.3) is 0 Å². The van der Waals surface area contributed by atoms with Crippen LogP contribution in [0.3, 0.4) is 0 Å². The molecule has 0 saturated carbocycles. The Morgan fingerprint density at radius 2 is 0.614 bits per heavy atom. The first kappa shape index (κ1) is 37.8. The zero-order valence-corrected chi connectivity index (χ0v) is 28.3. The Kier molecular flexibility index (Phi) is 19.1. The van der Waals surface area contributed by atoms with Gasteiger partial charge in [0.25, 0.3) is 0 Å². The van der Waals surface area contributed by atoms with Crippen molar-refractivity contribution in [1.29, 1.82) is 0 Å². The standard InChI is InChI=1S/C28H28P2.C8H12.BF4.Rh/c1-5-15-25(16-6-1)29(26-17-7-2-8-18-26)23-13-14-24-30(27-19-9-3-10-20-27)28-21-11-4-12-22-28;1-2-4-6-8-7-5-3-1;2-1(3,4)5;/h1-12,15-22H,13-14,23-24H2;1-2,7-8H,3-6H2;;/q;;-1;. The SMILES string of the molecule is C1=CCCC=CCC1.F[B-](F)(F)F.[Rh].c1ccc(P(CCCCP(c2ccccc2)c2ccccc2)c2ccccc2)cc1. The summed E-state index contributed by atoms with van der Waals surface area (Å²) in [6, 6.07) is 44.3. The summed E-state index contributed by atoms with van der Waals surface area (Å²) in [5.74, 6) is 0. The smallest absolute Gasteiger partial charge is 0.418 e. The summed E-state index contributed by atoms with van der Waals surface area (Å²) in [6.45, 7) is 0. The van der Waals surface area contributed by atoms with E-state index in [0.717, 1.165) is 0 Å². The van der Waals surface area contributed by atoms with Crippen LogP contribution in [0.2, 0.25) is 0 Å². The molecule has 0 amide bonds. The molecule has 0 atom stereocenters. The minimum atomic E-state index is -6.00. The molecular weight excluding hydrogens is 684 g/mol. The summed E-state index contributed by atoms with van der Waals surface area (Å²) in [5.41, 5.74) is 0. The fourth-order valence-corrected chi connectivity index (χ4v) is 9.48. The second kappa shape index (κ2) is 22.2. The summed E-state index contributed by atoms with van der Waals surface area (Å²) < 4.78 is 39.0. The summed E-state index contributed by atoms with van der Waals surface area (Å²) in [5, 5.41) is 5.97. The molecule has 44 heavy (non-hydrogen) atoms. The third-order valence-corrected chi connectivity index (χ3v) is 11.8. The molecule has 0 nitrogen and oxygen atoms in total. The van der Waals surface area contributed by atoms with Crippen molar-refractivity contribution in [2.75, 3.05) is 12.3 Å². The average molecular weight is 724 g/mol. The van der Waals surface area contributed by atoms with E-state index in [4.69, 9.17) is 0 Å². The minimum Gasteiger partial charge on any atom is -0.418 e. The van der Waals surface area contributed by atoms with E-state index in [0.29, 0.717) is 0 Å². The molecule has 235 valence electrons. The number of rotatable bonds is 9. The van der Waals surface area contributed by atoms with E-state index in [9.17, 15) is 17.3 Å². The van der Waals surface area contributed by atoms with Crippen LogP contribution in [0, 0.1) is 0 Å². The van der Waals surface area contributed by atoms with E-state index in [1.165, 1.54) is 72.1 Å². The number of hydrogen-bond donors (Lipinski definition) is 0. The second-order valence-electron chi connectivity index (χ2n) is 9.94. The van der Waals surface area contributed by atoms with E-state index in [1.807, 2.05) is 0 Å². The van der Waals surface area contributed by atoms with Crippen LogP contribution in [0.4, 0.5) is 17.3 Å². The van der Waals surface area contributed by atoms with E-state index < -0.39 is 7.25 Å². The van der Waals surface area contributed by atoms with Crippen molar-refractivity contribution in [2.24, 2.45) is 0 Å². The molecule has 0 saturated heterocycles. The maximum atomic E-state index is 9.75. The Hall–Kier alpha value is -2.37. The van der Waals surface area contributed by atoms with Gasteiger partial charge in [-0.15, -0.1) is 0 Å². The van der Waals surface area contributed by atoms with Crippen LogP contribution in [0.1, 0.15) is 38.5 Å². The van der Waals surface area contributed by atoms with Gasteiger partial charge in [0.15, 0.2) is 0 Å². The maximum absolute atomic E-state index is 9.75. The molecule has 1 aliphatic carbocycles. The van der Waals surface area contributed by atoms with E-state index in [1.54, 1.807) is 0 Å². The summed E-state index contributed by atoms with van der Waals surface area (Å²) in [6.07, 6.45) is 19.1. The predicted molar refractivity (Wildman–Crippen MR) is 184 cm³/mol. The molecule has 1 radical (unpaired) electrons. The third-order valence-electron chi connectivity index (χ3n) is 6.62. The second-order valence-corrected chi connectivity index (χ2v) is 14.6. The number of unbranched alkanes of at least 4 members (excludes halogenated alkanes) is 1. The van der Waals surface area contributed by atoms with Crippen LogP contribution < -0.4 is 21.2 Å². The van der Waals surface area contributed by atoms with Crippen LogP contribution in [0.5, 0.6) is 0 Å². The van der Waals surface area contributed by atoms with Gasteiger partial charge in [-0.05, 0) is 87.9 Å². The van der Waals surface area contributed by atoms with Crippen LogP contribution in [0.15, 0.2) is 146 Å². The molecule has 0 aromatic heterocycles. The van der Waals surface area contributed by atoms with Crippen molar-refractivity contribution in [3.8, 4) is 0 Å². The first-order valence-electron chi connectivity index (χ1n) is 14.8. The number of halogens is 4. The maximum Gasteiger partial charge on any atom is 0.673 e. The fourth-order valence-electron chi connectivity index (χ4n) is 4.64. The first-order valence-corrected chi connectivity index (χ1v) is 17.9. The molecular formula is C36H40BF4P2Rh-. The van der Waals surface area contributed by atoms with Gasteiger partial charge >= 0.3 is 7.25 Å². The van der Waals surface area contributed by atoms with Crippen LogP contribution in [-0.2, 0) is 19.5 Å². The summed E-state index contributed by atoms with van der Waals surface area (Å²) in [4.78, 5) is 0. The van der Waals surface area contributed by atoms with Gasteiger partial charge in [-0.3, -0.25) is 0 Å².